The fraction of sp³-hybridized carbons (Fsp3) is 0.957. The highest BCUT2D eigenvalue weighted by Crippen LogP contribution is 2.76. The summed E-state index contributed by atoms with van der Waals surface area (Å²) >= 11 is 0. The molecule has 5 aliphatic carbocycles. The van der Waals surface area contributed by atoms with E-state index < -0.39 is 311 Å². The number of aliphatic hydroxyl groups excluding tert-OH is 22. The van der Waals surface area contributed by atoms with Crippen molar-refractivity contribution in [3.63, 3.8) is 0 Å². The normalized spacial score (nSPS) is 55.3. The average Bonchev–Trinajstić information content (AvgIpc) is 0.723. The van der Waals surface area contributed by atoms with Crippen molar-refractivity contribution in [1.29, 1.82) is 0 Å². The summed E-state index contributed by atoms with van der Waals surface area (Å²) in [5.74, 6) is -4.73. The molecule has 37 heteroatoms. The van der Waals surface area contributed by atoms with Gasteiger partial charge in [0, 0.05) is 5.41 Å². The number of hydrogen-bond acceptors (Lipinski definition) is 37. The highest BCUT2D eigenvalue weighted by molar-refractivity contribution is 5.80. The molecule has 7 heterocycles. The first-order chi connectivity index (χ1) is 49.8. The highest BCUT2D eigenvalue weighted by Gasteiger charge is 2.74. The molecule has 7 aliphatic heterocycles. The number of carbonyl (C=O) groups is 1. The van der Waals surface area contributed by atoms with Gasteiger partial charge in [-0.1, -0.05) is 53.2 Å². The summed E-state index contributed by atoms with van der Waals surface area (Å²) in [6.45, 7) is 7.62. The Bertz CT molecular complexity index is 3030. The zero-order valence-corrected chi connectivity index (χ0v) is 60.1. The maximum absolute atomic E-state index is 15.6. The van der Waals surface area contributed by atoms with E-state index in [1.54, 1.807) is 6.92 Å². The smallest absolute Gasteiger partial charge is 0.317 e. The zero-order valence-electron chi connectivity index (χ0n) is 60.1. The first-order valence-electron chi connectivity index (χ1n) is 36.8. The van der Waals surface area contributed by atoms with Crippen LogP contribution in [0.4, 0.5) is 0 Å². The molecule has 22 N–H and O–H groups in total. The van der Waals surface area contributed by atoms with Gasteiger partial charge < -0.3 is 179 Å². The molecule has 11 fully saturated rings. The van der Waals surface area contributed by atoms with Crippen LogP contribution in [0, 0.1) is 50.2 Å². The predicted molar refractivity (Wildman–Crippen MR) is 345 cm³/mol. The Kier molecular flexibility index (Phi) is 24.5. The van der Waals surface area contributed by atoms with Crippen LogP contribution in [0.3, 0.4) is 0 Å². The van der Waals surface area contributed by atoms with Crippen LogP contribution in [0.25, 0.3) is 0 Å². The van der Waals surface area contributed by atoms with E-state index in [0.29, 0.717) is 32.1 Å². The van der Waals surface area contributed by atoms with Crippen LogP contribution in [0.5, 0.6) is 0 Å². The summed E-state index contributed by atoms with van der Waals surface area (Å²) in [6.07, 6.45) is -53.0. The molecule has 0 spiro atoms. The molecule has 0 unspecified atom stereocenters. The number of carbonyl (C=O) groups excluding carboxylic acids is 1. The molecule has 42 atom stereocenters. The first-order valence-corrected chi connectivity index (χ1v) is 36.8. The van der Waals surface area contributed by atoms with Crippen molar-refractivity contribution in [3.8, 4) is 0 Å². The molecule has 7 saturated heterocycles. The molecule has 0 bridgehead atoms. The third kappa shape index (κ3) is 13.9. The van der Waals surface area contributed by atoms with Crippen molar-refractivity contribution < 1.29 is 183 Å². The van der Waals surface area contributed by atoms with Crippen LogP contribution < -0.4 is 0 Å². The van der Waals surface area contributed by atoms with Crippen LogP contribution in [0.15, 0.2) is 11.6 Å². The lowest BCUT2D eigenvalue weighted by molar-refractivity contribution is -0.386. The van der Waals surface area contributed by atoms with Gasteiger partial charge in [0.05, 0.1) is 70.7 Å². The van der Waals surface area contributed by atoms with Gasteiger partial charge in [-0.2, -0.15) is 0 Å². The van der Waals surface area contributed by atoms with Crippen molar-refractivity contribution in [3.05, 3.63) is 11.6 Å². The Morgan fingerprint density at radius 3 is 1.64 bits per heavy atom. The molecule has 4 saturated carbocycles. The number of fused-ring (bicyclic) bond motifs is 7. The lowest BCUT2D eigenvalue weighted by Crippen LogP contribution is -2.71. The second-order valence-corrected chi connectivity index (χ2v) is 33.5. The Morgan fingerprint density at radius 2 is 1.03 bits per heavy atom. The first kappa shape index (κ1) is 83.2. The Balaban J connectivity index is 0.743. The van der Waals surface area contributed by atoms with Crippen molar-refractivity contribution >= 4 is 5.97 Å². The van der Waals surface area contributed by atoms with Gasteiger partial charge in [-0.3, -0.25) is 4.79 Å². The fourth-order valence-corrected chi connectivity index (χ4v) is 20.5. The lowest BCUT2D eigenvalue weighted by Gasteiger charge is -2.72. The van der Waals surface area contributed by atoms with E-state index in [4.69, 9.17) is 66.3 Å². The van der Waals surface area contributed by atoms with Crippen LogP contribution in [0.2, 0.25) is 0 Å². The summed E-state index contributed by atoms with van der Waals surface area (Å²) in [5.41, 5.74) is -4.81. The van der Waals surface area contributed by atoms with Crippen molar-refractivity contribution in [2.75, 3.05) is 52.9 Å². The van der Waals surface area contributed by atoms with Gasteiger partial charge in [-0.15, -0.1) is 0 Å². The quantitative estimate of drug-likeness (QED) is 0.0324. The summed E-state index contributed by atoms with van der Waals surface area (Å²) < 4.78 is 82.7. The van der Waals surface area contributed by atoms with E-state index in [1.807, 2.05) is 0 Å². The summed E-state index contributed by atoms with van der Waals surface area (Å²) in [4.78, 5) is 15.6. The van der Waals surface area contributed by atoms with E-state index in [9.17, 15) is 112 Å². The van der Waals surface area contributed by atoms with Crippen molar-refractivity contribution in [2.45, 2.75) is 308 Å². The Hall–Kier alpha value is -2.19. The summed E-state index contributed by atoms with van der Waals surface area (Å²) in [5, 5.41) is 245. The SMILES string of the molecule is C[C@@H]1O[C@@H](O[C@H]2[C@H](OC(=O)[C@]34CCC(C)(C)C[C@H]3C3=CC[C@@H]5[C@@]6(C)C[C@H](O)[C@H](O[C@@H]7O[C@H](CO)[C@@H](O)[C@H](O[C@@H]8OC[C@@H](O)[C@H](O)[C@H]8O[C@@H]8O[C@H](CO)[C@H](O)[C@H](O)[C@H]8O)[C@H]7O)[C@@](C)(CO)[C@@H]6CC[C@@]5(C)[C@]3(C)C[C@H]4O)OC[C@H](O)[C@@H]2O)[C@H](O)[C@H](O)[C@H]1O[C@@H]1OC[C@@H](O)[C@H](O[C@]2(CO)O[C@H](CO)[C@@H](O)[C@H]2O)[C@H]1O. The molecule has 37 nitrogen and oxygen atoms in total. The molecular formula is C69H112O37. The highest BCUT2D eigenvalue weighted by atomic mass is 16.8. The monoisotopic (exact) mass is 1530 g/mol. The fourth-order valence-electron chi connectivity index (χ4n) is 20.5. The second kappa shape index (κ2) is 31.2. The maximum atomic E-state index is 15.6. The van der Waals surface area contributed by atoms with Crippen molar-refractivity contribution in [2.24, 2.45) is 50.2 Å². The molecule has 610 valence electrons. The minimum absolute atomic E-state index is 0.0372. The molecule has 0 aromatic rings. The number of aliphatic hydroxyl groups is 22. The molecule has 0 aromatic carbocycles. The summed E-state index contributed by atoms with van der Waals surface area (Å²) in [7, 11) is 0. The number of esters is 1. The van der Waals surface area contributed by atoms with Crippen LogP contribution in [0.1, 0.15) is 99.8 Å². The van der Waals surface area contributed by atoms with Crippen LogP contribution >= 0.6 is 0 Å². The minimum atomic E-state index is -2.44. The average molecular weight is 1530 g/mol. The lowest BCUT2D eigenvalue weighted by atomic mass is 9.33. The van der Waals surface area contributed by atoms with Crippen molar-refractivity contribution in [1.82, 2.24) is 0 Å². The van der Waals surface area contributed by atoms with Gasteiger partial charge in [0.1, 0.15) is 146 Å². The maximum Gasteiger partial charge on any atom is 0.317 e. The van der Waals surface area contributed by atoms with Crippen LogP contribution in [-0.2, 0) is 71.1 Å². The zero-order chi connectivity index (χ0) is 77.4. The predicted octanol–water partition coefficient (Wildman–Crippen LogP) is -8.70. The Labute approximate surface area is 610 Å². The summed E-state index contributed by atoms with van der Waals surface area (Å²) in [6, 6.07) is 0. The van der Waals surface area contributed by atoms with Gasteiger partial charge in [-0.25, -0.2) is 0 Å². The topological polar surface area (TPSA) is 591 Å². The second-order valence-electron chi connectivity index (χ2n) is 33.5. The number of hydrogen-bond donors (Lipinski definition) is 22. The van der Waals surface area contributed by atoms with E-state index in [-0.39, 0.29) is 25.2 Å². The molecule has 12 rings (SSSR count). The van der Waals surface area contributed by atoms with Gasteiger partial charge in [-0.05, 0) is 97.7 Å². The third-order valence-corrected chi connectivity index (χ3v) is 26.8. The van der Waals surface area contributed by atoms with E-state index in [1.165, 1.54) is 6.92 Å². The third-order valence-electron chi connectivity index (χ3n) is 26.8. The molecule has 0 aromatic heterocycles. The number of allylic oxidation sites excluding steroid dienone is 2. The van der Waals surface area contributed by atoms with E-state index in [2.05, 4.69) is 40.7 Å². The van der Waals surface area contributed by atoms with Crippen LogP contribution in [-0.4, -0.2) is 380 Å². The van der Waals surface area contributed by atoms with E-state index >= 15 is 4.79 Å². The minimum Gasteiger partial charge on any atom is -0.432 e. The molecular weight excluding hydrogens is 1420 g/mol. The van der Waals surface area contributed by atoms with Gasteiger partial charge in [0.2, 0.25) is 12.1 Å². The Morgan fingerprint density at radius 1 is 0.481 bits per heavy atom. The molecule has 106 heavy (non-hydrogen) atoms. The van der Waals surface area contributed by atoms with Gasteiger partial charge in [0.15, 0.2) is 37.6 Å². The number of ether oxygens (including phenoxy) is 14. The molecule has 12 aliphatic rings. The largest absolute Gasteiger partial charge is 0.432 e. The van der Waals surface area contributed by atoms with E-state index in [0.717, 1.165) is 5.57 Å². The standard InChI is InChI=1S/C69H112O37/c1-25-49(99-56-47(89)50(31(78)22-93-56)106-69(24-74)54(91)42(84)34(19-72)105-69)44(86)46(88)57(96-25)101-53-39(81)30(77)21-95-61(53)104-62(92)68-13-12-63(2,3)14-27(68)26-8-9-36-64(4)15-28(75)55(65(5,23-73)35(64)10-11-66(36,6)67(26,7)16-37(68)79)103-59-48(90)51(41(83)33(18-71)98-59)100-60-52(38(80)29(76)20-94-60)102-58-45(87)43(85)40(82)32(17-70)97-58/h8,25,27-61,70-91H,9-24H2,1-7H3/t25-,27-,28-,29+,30-,31+,32+,33+,34+,35+,36+,37+,38-,39-,40-,41+,42+,43-,44-,45+,46+,47+,48+,49-,50-,51-,52+,53+,54+,55-,56-,57-,58-,59-,60-,61-,64-,65-,66+,67+,68+,69-/m0/s1. The van der Waals surface area contributed by atoms with Gasteiger partial charge in [0.25, 0.3) is 0 Å². The number of rotatable bonds is 19. The molecule has 0 radical (unpaired) electrons. The molecule has 0 amide bonds. The van der Waals surface area contributed by atoms with Gasteiger partial charge >= 0.3 is 5.97 Å².